The lowest BCUT2D eigenvalue weighted by Gasteiger charge is -2.39. The van der Waals surface area contributed by atoms with Gasteiger partial charge in [-0.3, -0.25) is 0 Å². The zero-order valence-corrected chi connectivity index (χ0v) is 16.0. The number of halogens is 3. The van der Waals surface area contributed by atoms with Crippen molar-refractivity contribution in [3.63, 3.8) is 0 Å². The van der Waals surface area contributed by atoms with E-state index in [2.05, 4.69) is 44.8 Å². The summed E-state index contributed by atoms with van der Waals surface area (Å²) in [4.78, 5) is 0. The molecule has 0 atom stereocenters. The minimum absolute atomic E-state index is 0.138. The van der Waals surface area contributed by atoms with Crippen LogP contribution in [0.4, 0.5) is 4.39 Å². The van der Waals surface area contributed by atoms with Gasteiger partial charge in [-0.15, -0.1) is 0 Å². The highest BCUT2D eigenvalue weighted by Crippen LogP contribution is 2.44. The Balaban J connectivity index is 1.99. The molecule has 1 aliphatic rings. The van der Waals surface area contributed by atoms with Gasteiger partial charge < -0.3 is 0 Å². The predicted molar refractivity (Wildman–Crippen MR) is 95.5 cm³/mol. The first-order chi connectivity index (χ1) is 10.1. The number of unbranched alkanes of at least 4 members (excludes halogenated alkanes) is 1. The fourth-order valence-corrected chi connectivity index (χ4v) is 4.85. The van der Waals surface area contributed by atoms with Crippen LogP contribution < -0.4 is 0 Å². The molecule has 1 aliphatic carbocycles. The van der Waals surface area contributed by atoms with E-state index in [1.54, 1.807) is 6.07 Å². The Morgan fingerprint density at radius 1 is 1.24 bits per heavy atom. The van der Waals surface area contributed by atoms with Crippen LogP contribution in [-0.2, 0) is 6.42 Å². The molecule has 0 bridgehead atoms. The van der Waals surface area contributed by atoms with E-state index in [1.165, 1.54) is 51.0 Å². The van der Waals surface area contributed by atoms with Gasteiger partial charge in [-0.25, -0.2) is 4.39 Å². The zero-order valence-electron chi connectivity index (χ0n) is 12.8. The molecule has 0 N–H and O–H groups in total. The molecule has 0 saturated heterocycles. The Hall–Kier alpha value is 0.110. The highest BCUT2D eigenvalue weighted by Gasteiger charge is 2.34. The van der Waals surface area contributed by atoms with Crippen LogP contribution in [0.1, 0.15) is 57.4 Å². The van der Waals surface area contributed by atoms with Crippen LogP contribution in [0.5, 0.6) is 0 Å². The van der Waals surface area contributed by atoms with Gasteiger partial charge in [0.05, 0.1) is 0 Å². The van der Waals surface area contributed by atoms with Gasteiger partial charge in [-0.1, -0.05) is 58.0 Å². The molecule has 1 saturated carbocycles. The molecule has 118 valence electrons. The van der Waals surface area contributed by atoms with E-state index in [9.17, 15) is 4.39 Å². The Morgan fingerprint density at radius 2 is 1.95 bits per heavy atom. The fraction of sp³-hybridized carbons (Fsp3) is 0.667. The Kier molecular flexibility index (Phi) is 6.74. The number of alkyl halides is 1. The summed E-state index contributed by atoms with van der Waals surface area (Å²) in [5.41, 5.74) is 1.43. The van der Waals surface area contributed by atoms with Gasteiger partial charge in [0.1, 0.15) is 5.82 Å². The van der Waals surface area contributed by atoms with Crippen molar-refractivity contribution in [1.29, 1.82) is 0 Å². The SMILES string of the molecule is CCCCC1CCC(CBr)(Cc2cc(F)cc(Br)c2)CC1. The van der Waals surface area contributed by atoms with Crippen LogP contribution in [0.3, 0.4) is 0 Å². The highest BCUT2D eigenvalue weighted by molar-refractivity contribution is 9.10. The first-order valence-corrected chi connectivity index (χ1v) is 9.99. The normalized spacial score (nSPS) is 26.0. The summed E-state index contributed by atoms with van der Waals surface area (Å²) in [5, 5.41) is 1.02. The molecule has 0 aromatic heterocycles. The van der Waals surface area contributed by atoms with E-state index in [0.29, 0.717) is 5.41 Å². The quantitative estimate of drug-likeness (QED) is 0.440. The van der Waals surface area contributed by atoms with Gasteiger partial charge >= 0.3 is 0 Å². The Morgan fingerprint density at radius 3 is 2.52 bits per heavy atom. The average molecular weight is 420 g/mol. The average Bonchev–Trinajstić information content (AvgIpc) is 2.45. The van der Waals surface area contributed by atoms with Gasteiger partial charge in [0.15, 0.2) is 0 Å². The van der Waals surface area contributed by atoms with Crippen LogP contribution in [-0.4, -0.2) is 5.33 Å². The second-order valence-corrected chi connectivity index (χ2v) is 8.15. The van der Waals surface area contributed by atoms with Crippen molar-refractivity contribution in [1.82, 2.24) is 0 Å². The summed E-state index contributed by atoms with van der Waals surface area (Å²) < 4.78 is 14.4. The minimum atomic E-state index is -0.138. The third-order valence-corrected chi connectivity index (χ3v) is 6.56. The number of hydrogen-bond acceptors (Lipinski definition) is 0. The van der Waals surface area contributed by atoms with Crippen molar-refractivity contribution >= 4 is 31.9 Å². The second-order valence-electron chi connectivity index (χ2n) is 6.67. The molecule has 3 heteroatoms. The molecule has 0 radical (unpaired) electrons. The summed E-state index contributed by atoms with van der Waals surface area (Å²) >= 11 is 7.13. The van der Waals surface area contributed by atoms with Gasteiger partial charge in [0.2, 0.25) is 0 Å². The number of rotatable bonds is 6. The summed E-state index contributed by atoms with van der Waals surface area (Å²) in [5.74, 6) is 0.775. The predicted octanol–water partition coefficient (Wildman–Crippen LogP) is 6.89. The second kappa shape index (κ2) is 8.10. The summed E-state index contributed by atoms with van der Waals surface area (Å²) in [6, 6.07) is 5.29. The van der Waals surface area contributed by atoms with E-state index < -0.39 is 0 Å². The van der Waals surface area contributed by atoms with E-state index in [1.807, 2.05) is 0 Å². The fourth-order valence-electron chi connectivity index (χ4n) is 3.58. The third kappa shape index (κ3) is 5.06. The topological polar surface area (TPSA) is 0 Å². The van der Waals surface area contributed by atoms with E-state index in [-0.39, 0.29) is 5.82 Å². The molecule has 0 amide bonds. The monoisotopic (exact) mass is 418 g/mol. The van der Waals surface area contributed by atoms with E-state index in [0.717, 1.165) is 27.7 Å². The number of benzene rings is 1. The van der Waals surface area contributed by atoms with Crippen molar-refractivity contribution in [2.75, 3.05) is 5.33 Å². The van der Waals surface area contributed by atoms with Crippen molar-refractivity contribution in [2.24, 2.45) is 11.3 Å². The molecular formula is C18H25Br2F. The van der Waals surface area contributed by atoms with Crippen LogP contribution in [0.15, 0.2) is 22.7 Å². The van der Waals surface area contributed by atoms with Crippen molar-refractivity contribution in [3.8, 4) is 0 Å². The minimum Gasteiger partial charge on any atom is -0.207 e. The lowest BCUT2D eigenvalue weighted by Crippen LogP contribution is -2.31. The molecule has 1 fully saturated rings. The first kappa shape index (κ1) is 17.5. The first-order valence-electron chi connectivity index (χ1n) is 8.08. The number of hydrogen-bond donors (Lipinski definition) is 0. The maximum atomic E-state index is 13.6. The van der Waals surface area contributed by atoms with E-state index in [4.69, 9.17) is 0 Å². The lowest BCUT2D eigenvalue weighted by molar-refractivity contribution is 0.168. The summed E-state index contributed by atoms with van der Waals surface area (Å²) in [7, 11) is 0. The molecule has 0 aliphatic heterocycles. The van der Waals surface area contributed by atoms with Crippen LogP contribution in [0.25, 0.3) is 0 Å². The standard InChI is InChI=1S/C18H25Br2F/c1-2-3-4-14-5-7-18(13-19,8-6-14)12-15-9-16(20)11-17(21)10-15/h9-11,14H,2-8,12-13H2,1H3. The van der Waals surface area contributed by atoms with Gasteiger partial charge in [0.25, 0.3) is 0 Å². The molecule has 0 heterocycles. The van der Waals surface area contributed by atoms with Crippen molar-refractivity contribution in [3.05, 3.63) is 34.1 Å². The van der Waals surface area contributed by atoms with Crippen LogP contribution in [0, 0.1) is 17.2 Å². The Bertz CT molecular complexity index is 430. The molecule has 0 spiro atoms. The smallest absolute Gasteiger partial charge is 0.124 e. The lowest BCUT2D eigenvalue weighted by atomic mass is 9.68. The third-order valence-electron chi connectivity index (χ3n) is 4.92. The molecule has 0 unspecified atom stereocenters. The molecular weight excluding hydrogens is 395 g/mol. The molecule has 2 rings (SSSR count). The maximum Gasteiger partial charge on any atom is 0.124 e. The molecule has 21 heavy (non-hydrogen) atoms. The van der Waals surface area contributed by atoms with Crippen molar-refractivity contribution < 1.29 is 4.39 Å². The van der Waals surface area contributed by atoms with Gasteiger partial charge in [0, 0.05) is 9.80 Å². The molecule has 0 nitrogen and oxygen atoms in total. The largest absolute Gasteiger partial charge is 0.207 e. The highest BCUT2D eigenvalue weighted by atomic mass is 79.9. The van der Waals surface area contributed by atoms with Gasteiger partial charge in [-0.2, -0.15) is 0 Å². The zero-order chi connectivity index (χ0) is 15.3. The van der Waals surface area contributed by atoms with Crippen LogP contribution >= 0.6 is 31.9 Å². The van der Waals surface area contributed by atoms with Crippen molar-refractivity contribution in [2.45, 2.75) is 58.3 Å². The summed E-state index contributed by atoms with van der Waals surface area (Å²) in [6.07, 6.45) is 10.2. The Labute approximate surface area is 145 Å². The van der Waals surface area contributed by atoms with Crippen LogP contribution in [0.2, 0.25) is 0 Å². The molecule has 1 aromatic rings. The maximum absolute atomic E-state index is 13.6. The molecule has 1 aromatic carbocycles. The van der Waals surface area contributed by atoms with Gasteiger partial charge in [-0.05, 0) is 67.2 Å². The summed E-state index contributed by atoms with van der Waals surface area (Å²) in [6.45, 7) is 2.27. The van der Waals surface area contributed by atoms with E-state index >= 15 is 0 Å².